The molecule has 2 heterocycles. The van der Waals surface area contributed by atoms with E-state index in [2.05, 4.69) is 67.1 Å². The molecular formula is C22H26N2OS. The van der Waals surface area contributed by atoms with Gasteiger partial charge in [0.15, 0.2) is 0 Å². The summed E-state index contributed by atoms with van der Waals surface area (Å²) in [5, 5.41) is 0. The van der Waals surface area contributed by atoms with Crippen LogP contribution in [0.1, 0.15) is 43.5 Å². The summed E-state index contributed by atoms with van der Waals surface area (Å²) < 4.78 is 7.14. The minimum Gasteiger partial charge on any atom is -0.491 e. The number of rotatable bonds is 4. The third-order valence-electron chi connectivity index (χ3n) is 5.27. The molecule has 0 spiro atoms. The second-order valence-electron chi connectivity index (χ2n) is 7.39. The van der Waals surface area contributed by atoms with E-state index in [1.807, 2.05) is 5.51 Å². The summed E-state index contributed by atoms with van der Waals surface area (Å²) in [7, 11) is 0. The second kappa shape index (κ2) is 7.37. The monoisotopic (exact) mass is 366 g/mol. The molecule has 0 unspecified atom stereocenters. The van der Waals surface area contributed by atoms with E-state index in [0.29, 0.717) is 6.04 Å². The van der Waals surface area contributed by atoms with Gasteiger partial charge in [0.05, 0.1) is 21.8 Å². The second-order valence-corrected chi connectivity index (χ2v) is 8.27. The van der Waals surface area contributed by atoms with Gasteiger partial charge in [0, 0.05) is 19.1 Å². The highest BCUT2D eigenvalue weighted by atomic mass is 32.1. The maximum Gasteiger partial charge on any atom is 0.119 e. The van der Waals surface area contributed by atoms with Crippen LogP contribution in [0.4, 0.5) is 0 Å². The van der Waals surface area contributed by atoms with Crippen molar-refractivity contribution in [2.75, 3.05) is 13.1 Å². The standard InChI is InChI=1S/C22H26N2OS/c1-15(2)25-20-6-4-17-8-10-24(11-9-19(17)12-20)16(3)18-5-7-22-21(13-18)23-14-26-22/h4-7,12-16H,8-11H2,1-3H3/t16-/m1/s1. The Balaban J connectivity index is 1.50. The minimum absolute atomic E-state index is 0.219. The van der Waals surface area contributed by atoms with Gasteiger partial charge in [-0.1, -0.05) is 12.1 Å². The summed E-state index contributed by atoms with van der Waals surface area (Å²) in [5.41, 5.74) is 7.31. The van der Waals surface area contributed by atoms with Gasteiger partial charge in [-0.05, 0) is 74.6 Å². The number of nitrogens with zero attached hydrogens (tertiary/aromatic N) is 2. The first-order valence-electron chi connectivity index (χ1n) is 9.46. The summed E-state index contributed by atoms with van der Waals surface area (Å²) in [6.45, 7) is 8.64. The van der Waals surface area contributed by atoms with E-state index in [1.54, 1.807) is 11.3 Å². The highest BCUT2D eigenvalue weighted by Crippen LogP contribution is 2.29. The maximum atomic E-state index is 5.88. The molecule has 2 aromatic carbocycles. The molecule has 0 bridgehead atoms. The SMILES string of the molecule is CC(C)Oc1ccc2c(c1)CCN([C@H](C)c1ccc3scnc3c1)CC2. The van der Waals surface area contributed by atoms with Crippen LogP contribution in [-0.2, 0) is 12.8 Å². The predicted octanol–water partition coefficient (Wildman–Crippen LogP) is 5.25. The Morgan fingerprint density at radius 3 is 2.62 bits per heavy atom. The minimum atomic E-state index is 0.219. The van der Waals surface area contributed by atoms with E-state index in [0.717, 1.165) is 37.2 Å². The molecule has 3 nitrogen and oxygen atoms in total. The average molecular weight is 367 g/mol. The summed E-state index contributed by atoms with van der Waals surface area (Å²) in [5.74, 6) is 0.995. The van der Waals surface area contributed by atoms with Crippen molar-refractivity contribution in [1.29, 1.82) is 0 Å². The first kappa shape index (κ1) is 17.5. The van der Waals surface area contributed by atoms with Crippen molar-refractivity contribution in [3.05, 3.63) is 58.6 Å². The Morgan fingerprint density at radius 1 is 1.00 bits per heavy atom. The van der Waals surface area contributed by atoms with Gasteiger partial charge >= 0.3 is 0 Å². The topological polar surface area (TPSA) is 25.4 Å². The van der Waals surface area contributed by atoms with Gasteiger partial charge in [-0.15, -0.1) is 11.3 Å². The number of fused-ring (bicyclic) bond motifs is 2. The van der Waals surface area contributed by atoms with Gasteiger partial charge in [0.2, 0.25) is 0 Å². The summed E-state index contributed by atoms with van der Waals surface area (Å²) in [6, 6.07) is 13.7. The molecule has 4 rings (SSSR count). The third-order valence-corrected chi connectivity index (χ3v) is 6.08. The van der Waals surface area contributed by atoms with Gasteiger partial charge in [-0.2, -0.15) is 0 Å². The summed E-state index contributed by atoms with van der Waals surface area (Å²) >= 11 is 1.71. The molecule has 0 saturated heterocycles. The summed E-state index contributed by atoms with van der Waals surface area (Å²) in [4.78, 5) is 7.07. The first-order chi connectivity index (χ1) is 12.6. The fraction of sp³-hybridized carbons (Fsp3) is 0.409. The van der Waals surface area contributed by atoms with Crippen LogP contribution in [0.5, 0.6) is 5.75 Å². The van der Waals surface area contributed by atoms with Crippen LogP contribution >= 0.6 is 11.3 Å². The molecule has 0 radical (unpaired) electrons. The van der Waals surface area contributed by atoms with E-state index in [4.69, 9.17) is 4.74 Å². The van der Waals surface area contributed by atoms with Gasteiger partial charge < -0.3 is 4.74 Å². The fourth-order valence-corrected chi connectivity index (χ4v) is 4.46. The molecule has 1 atom stereocenters. The van der Waals surface area contributed by atoms with E-state index in [9.17, 15) is 0 Å². The molecule has 0 aliphatic carbocycles. The van der Waals surface area contributed by atoms with Gasteiger partial charge in [0.25, 0.3) is 0 Å². The molecule has 0 amide bonds. The number of hydrogen-bond acceptors (Lipinski definition) is 4. The Labute approximate surface area is 159 Å². The van der Waals surface area contributed by atoms with Crippen LogP contribution in [0.2, 0.25) is 0 Å². The number of thiazole rings is 1. The Hall–Kier alpha value is -1.91. The van der Waals surface area contributed by atoms with Crippen molar-refractivity contribution in [3.8, 4) is 5.75 Å². The predicted molar refractivity (Wildman–Crippen MR) is 109 cm³/mol. The van der Waals surface area contributed by atoms with Crippen molar-refractivity contribution < 1.29 is 4.74 Å². The Morgan fingerprint density at radius 2 is 1.81 bits per heavy atom. The van der Waals surface area contributed by atoms with Crippen molar-refractivity contribution in [2.24, 2.45) is 0 Å². The Bertz CT molecular complexity index is 902. The van der Waals surface area contributed by atoms with Crippen molar-refractivity contribution >= 4 is 21.6 Å². The lowest BCUT2D eigenvalue weighted by atomic mass is 10.0. The first-order valence-corrected chi connectivity index (χ1v) is 10.3. The lowest BCUT2D eigenvalue weighted by molar-refractivity contribution is 0.221. The molecule has 0 fully saturated rings. The fourth-order valence-electron chi connectivity index (χ4n) is 3.80. The molecular weight excluding hydrogens is 340 g/mol. The van der Waals surface area contributed by atoms with Crippen LogP contribution in [0.25, 0.3) is 10.2 Å². The van der Waals surface area contributed by atoms with Crippen LogP contribution in [-0.4, -0.2) is 29.1 Å². The van der Waals surface area contributed by atoms with Gasteiger partial charge in [-0.3, -0.25) is 4.90 Å². The number of benzene rings is 2. The van der Waals surface area contributed by atoms with E-state index < -0.39 is 0 Å². The van der Waals surface area contributed by atoms with Crippen LogP contribution in [0.15, 0.2) is 41.9 Å². The molecule has 0 N–H and O–H groups in total. The smallest absolute Gasteiger partial charge is 0.119 e. The number of ether oxygens (including phenoxy) is 1. The summed E-state index contributed by atoms with van der Waals surface area (Å²) in [6.07, 6.45) is 2.39. The van der Waals surface area contributed by atoms with Gasteiger partial charge in [0.1, 0.15) is 5.75 Å². The van der Waals surface area contributed by atoms with E-state index in [1.165, 1.54) is 21.4 Å². The van der Waals surface area contributed by atoms with Gasteiger partial charge in [-0.25, -0.2) is 4.98 Å². The van der Waals surface area contributed by atoms with Crippen LogP contribution in [0, 0.1) is 0 Å². The molecule has 0 saturated carbocycles. The highest BCUT2D eigenvalue weighted by molar-refractivity contribution is 7.16. The van der Waals surface area contributed by atoms with Crippen molar-refractivity contribution in [1.82, 2.24) is 9.88 Å². The number of hydrogen-bond donors (Lipinski definition) is 0. The van der Waals surface area contributed by atoms with Crippen molar-refractivity contribution in [2.45, 2.75) is 45.8 Å². The van der Waals surface area contributed by atoms with E-state index >= 15 is 0 Å². The lowest BCUT2D eigenvalue weighted by Crippen LogP contribution is -2.29. The zero-order valence-electron chi connectivity index (χ0n) is 15.7. The molecule has 3 aromatic rings. The zero-order chi connectivity index (χ0) is 18.1. The molecule has 1 aliphatic rings. The molecule has 26 heavy (non-hydrogen) atoms. The largest absolute Gasteiger partial charge is 0.491 e. The average Bonchev–Trinajstić information content (AvgIpc) is 2.99. The van der Waals surface area contributed by atoms with Crippen molar-refractivity contribution in [3.63, 3.8) is 0 Å². The highest BCUT2D eigenvalue weighted by Gasteiger charge is 2.20. The Kier molecular flexibility index (Phi) is 4.96. The molecule has 136 valence electrons. The van der Waals surface area contributed by atoms with E-state index in [-0.39, 0.29) is 6.10 Å². The zero-order valence-corrected chi connectivity index (χ0v) is 16.6. The van der Waals surface area contributed by atoms with Crippen LogP contribution in [0.3, 0.4) is 0 Å². The number of aromatic nitrogens is 1. The maximum absolute atomic E-state index is 5.88. The third kappa shape index (κ3) is 3.62. The quantitative estimate of drug-likeness (QED) is 0.631. The molecule has 1 aliphatic heterocycles. The molecule has 4 heteroatoms. The normalized spacial score (nSPS) is 16.5. The molecule has 1 aromatic heterocycles. The van der Waals surface area contributed by atoms with Crippen LogP contribution < -0.4 is 4.74 Å². The lowest BCUT2D eigenvalue weighted by Gasteiger charge is -2.28.